The predicted octanol–water partition coefficient (Wildman–Crippen LogP) is 5.25. The normalized spacial score (nSPS) is 12.3. The van der Waals surface area contributed by atoms with Gasteiger partial charge in [-0.25, -0.2) is 0 Å². The van der Waals surface area contributed by atoms with Crippen molar-refractivity contribution in [3.8, 4) is 11.5 Å². The Bertz CT molecular complexity index is 808. The molecule has 1 atom stereocenters. The summed E-state index contributed by atoms with van der Waals surface area (Å²) in [5.74, 6) is 1.25. The highest BCUT2D eigenvalue weighted by Gasteiger charge is 2.06. The average Bonchev–Trinajstić information content (AvgIpc) is 2.53. The molecule has 0 spiro atoms. The van der Waals surface area contributed by atoms with E-state index in [1.165, 1.54) is 11.1 Å². The first-order valence-corrected chi connectivity index (χ1v) is 8.05. The van der Waals surface area contributed by atoms with Gasteiger partial charge in [-0.05, 0) is 72.9 Å². The maximum Gasteiger partial charge on any atom is 0.119 e. The van der Waals surface area contributed by atoms with Gasteiger partial charge in [-0.1, -0.05) is 36.4 Å². The average molecular weight is 306 g/mol. The molecule has 118 valence electrons. The van der Waals surface area contributed by atoms with E-state index in [0.717, 1.165) is 29.4 Å². The van der Waals surface area contributed by atoms with Crippen molar-refractivity contribution < 1.29 is 9.84 Å². The van der Waals surface area contributed by atoms with E-state index in [-0.39, 0.29) is 6.10 Å². The van der Waals surface area contributed by atoms with E-state index in [1.54, 1.807) is 12.1 Å². The van der Waals surface area contributed by atoms with Gasteiger partial charge in [-0.15, -0.1) is 0 Å². The summed E-state index contributed by atoms with van der Waals surface area (Å²) >= 11 is 0. The summed E-state index contributed by atoms with van der Waals surface area (Å²) < 4.78 is 5.99. The van der Waals surface area contributed by atoms with Crippen LogP contribution in [0.15, 0.2) is 60.7 Å². The van der Waals surface area contributed by atoms with Crippen LogP contribution >= 0.6 is 0 Å². The molecule has 0 fully saturated rings. The Labute approximate surface area is 137 Å². The van der Waals surface area contributed by atoms with Crippen molar-refractivity contribution in [3.05, 3.63) is 71.8 Å². The van der Waals surface area contributed by atoms with Crippen LogP contribution in [0.5, 0.6) is 11.5 Å². The number of hydrogen-bond acceptors (Lipinski definition) is 2. The lowest BCUT2D eigenvalue weighted by molar-refractivity contribution is 0.211. The number of aryl methyl sites for hydroxylation is 2. The summed E-state index contributed by atoms with van der Waals surface area (Å²) in [6.45, 7) is 4.19. The number of rotatable bonds is 5. The van der Waals surface area contributed by atoms with Gasteiger partial charge in [0.1, 0.15) is 11.5 Å². The molecule has 0 radical (unpaired) electrons. The lowest BCUT2D eigenvalue weighted by Crippen LogP contribution is -2.12. The molecule has 2 heteroatoms. The zero-order chi connectivity index (χ0) is 16.2. The summed E-state index contributed by atoms with van der Waals surface area (Å²) in [7, 11) is 0. The van der Waals surface area contributed by atoms with Crippen molar-refractivity contribution in [1.29, 1.82) is 0 Å². The summed E-state index contributed by atoms with van der Waals surface area (Å²) in [6, 6.07) is 20.0. The molecule has 0 aliphatic heterocycles. The maximum atomic E-state index is 9.52. The molecule has 1 unspecified atom stereocenters. The Hall–Kier alpha value is -2.48. The second kappa shape index (κ2) is 6.74. The van der Waals surface area contributed by atoms with Crippen LogP contribution in [-0.2, 0) is 6.42 Å². The molecule has 2 nitrogen and oxygen atoms in total. The number of fused-ring (bicyclic) bond motifs is 1. The second-order valence-corrected chi connectivity index (χ2v) is 6.15. The zero-order valence-electron chi connectivity index (χ0n) is 13.6. The van der Waals surface area contributed by atoms with E-state index >= 15 is 0 Å². The Morgan fingerprint density at radius 1 is 0.957 bits per heavy atom. The van der Waals surface area contributed by atoms with Gasteiger partial charge in [0.15, 0.2) is 0 Å². The van der Waals surface area contributed by atoms with E-state index in [4.69, 9.17) is 4.74 Å². The second-order valence-electron chi connectivity index (χ2n) is 6.15. The highest BCUT2D eigenvalue weighted by atomic mass is 16.5. The van der Waals surface area contributed by atoms with Gasteiger partial charge >= 0.3 is 0 Å². The fourth-order valence-corrected chi connectivity index (χ4v) is 2.79. The first kappa shape index (κ1) is 15.4. The maximum absolute atomic E-state index is 9.52. The smallest absolute Gasteiger partial charge is 0.119 e. The minimum absolute atomic E-state index is 0.173. The molecule has 3 rings (SSSR count). The van der Waals surface area contributed by atoms with Crippen LogP contribution in [0.3, 0.4) is 0 Å². The third kappa shape index (κ3) is 4.04. The molecule has 0 saturated heterocycles. The minimum atomic E-state index is 0.173. The van der Waals surface area contributed by atoms with Crippen LogP contribution in [0.2, 0.25) is 0 Å². The number of ether oxygens (including phenoxy) is 1. The molecule has 0 amide bonds. The monoisotopic (exact) mass is 306 g/mol. The lowest BCUT2D eigenvalue weighted by atomic mass is 10.0. The molecule has 0 bridgehead atoms. The zero-order valence-corrected chi connectivity index (χ0v) is 13.6. The Kier molecular flexibility index (Phi) is 4.52. The summed E-state index contributed by atoms with van der Waals surface area (Å²) in [4.78, 5) is 0. The minimum Gasteiger partial charge on any atom is -0.508 e. The van der Waals surface area contributed by atoms with Gasteiger partial charge in [0.2, 0.25) is 0 Å². The van der Waals surface area contributed by atoms with E-state index in [2.05, 4.69) is 44.2 Å². The SMILES string of the molecule is Cc1cccc(OC(C)CCc2ccc3cc(O)ccc3c2)c1. The molecule has 1 N–H and O–H groups in total. The number of benzene rings is 3. The van der Waals surface area contributed by atoms with Crippen LogP contribution in [0.25, 0.3) is 10.8 Å². The fraction of sp³-hybridized carbons (Fsp3) is 0.238. The molecule has 0 saturated carbocycles. The summed E-state index contributed by atoms with van der Waals surface area (Å²) in [6.07, 6.45) is 2.12. The number of aromatic hydroxyl groups is 1. The van der Waals surface area contributed by atoms with Crippen LogP contribution in [0.4, 0.5) is 0 Å². The molecule has 0 aromatic heterocycles. The fourth-order valence-electron chi connectivity index (χ4n) is 2.79. The van der Waals surface area contributed by atoms with Gasteiger partial charge < -0.3 is 9.84 Å². The molecular formula is C21H22O2. The van der Waals surface area contributed by atoms with E-state index in [9.17, 15) is 5.11 Å². The van der Waals surface area contributed by atoms with Gasteiger partial charge in [0.25, 0.3) is 0 Å². The van der Waals surface area contributed by atoms with Crippen molar-refractivity contribution in [3.63, 3.8) is 0 Å². The molecular weight excluding hydrogens is 284 g/mol. The van der Waals surface area contributed by atoms with Crippen molar-refractivity contribution in [2.24, 2.45) is 0 Å². The van der Waals surface area contributed by atoms with Crippen molar-refractivity contribution >= 4 is 10.8 Å². The van der Waals surface area contributed by atoms with Crippen molar-refractivity contribution in [1.82, 2.24) is 0 Å². The van der Waals surface area contributed by atoms with Crippen molar-refractivity contribution in [2.45, 2.75) is 32.8 Å². The van der Waals surface area contributed by atoms with Crippen LogP contribution in [-0.4, -0.2) is 11.2 Å². The number of hydrogen-bond donors (Lipinski definition) is 1. The Balaban J connectivity index is 1.62. The highest BCUT2D eigenvalue weighted by molar-refractivity contribution is 5.84. The van der Waals surface area contributed by atoms with E-state index in [0.29, 0.717) is 5.75 Å². The molecule has 0 aliphatic carbocycles. The standard InChI is InChI=1S/C21H22O2/c1-15-4-3-5-21(12-15)23-16(2)6-7-17-8-9-19-14-20(22)11-10-18(19)13-17/h3-5,8-14,16,22H,6-7H2,1-2H3. The largest absolute Gasteiger partial charge is 0.508 e. The molecule has 23 heavy (non-hydrogen) atoms. The molecule has 0 heterocycles. The van der Waals surface area contributed by atoms with Gasteiger partial charge in [-0.2, -0.15) is 0 Å². The predicted molar refractivity (Wildman–Crippen MR) is 95.2 cm³/mol. The summed E-state index contributed by atoms with van der Waals surface area (Å²) in [5, 5.41) is 11.7. The molecule has 0 aliphatic rings. The van der Waals surface area contributed by atoms with Crippen LogP contribution in [0.1, 0.15) is 24.5 Å². The third-order valence-electron chi connectivity index (χ3n) is 4.05. The van der Waals surface area contributed by atoms with Gasteiger partial charge in [0, 0.05) is 0 Å². The molecule has 3 aromatic rings. The number of phenolic OH excluding ortho intramolecular Hbond substituents is 1. The first-order chi connectivity index (χ1) is 11.1. The van der Waals surface area contributed by atoms with Gasteiger partial charge in [0.05, 0.1) is 6.10 Å². The highest BCUT2D eigenvalue weighted by Crippen LogP contribution is 2.22. The van der Waals surface area contributed by atoms with E-state index in [1.807, 2.05) is 18.2 Å². The van der Waals surface area contributed by atoms with E-state index < -0.39 is 0 Å². The lowest BCUT2D eigenvalue weighted by Gasteiger charge is -2.15. The Morgan fingerprint density at radius 3 is 2.57 bits per heavy atom. The van der Waals surface area contributed by atoms with Gasteiger partial charge in [-0.3, -0.25) is 0 Å². The topological polar surface area (TPSA) is 29.5 Å². The van der Waals surface area contributed by atoms with Crippen LogP contribution in [0, 0.1) is 6.92 Å². The van der Waals surface area contributed by atoms with Crippen molar-refractivity contribution in [2.75, 3.05) is 0 Å². The number of phenols is 1. The Morgan fingerprint density at radius 2 is 1.74 bits per heavy atom. The quantitative estimate of drug-likeness (QED) is 0.697. The first-order valence-electron chi connectivity index (χ1n) is 8.05. The van der Waals surface area contributed by atoms with Crippen LogP contribution < -0.4 is 4.74 Å². The molecule has 3 aromatic carbocycles. The summed E-state index contributed by atoms with van der Waals surface area (Å²) in [5.41, 5.74) is 2.51. The third-order valence-corrected chi connectivity index (χ3v) is 4.05.